The quantitative estimate of drug-likeness (QED) is 0.558. The summed E-state index contributed by atoms with van der Waals surface area (Å²) in [6.07, 6.45) is 2.79. The predicted molar refractivity (Wildman–Crippen MR) is 126 cm³/mol. The Hall–Kier alpha value is -3.14. The van der Waals surface area contributed by atoms with Crippen LogP contribution in [-0.4, -0.2) is 39.7 Å². The van der Waals surface area contributed by atoms with Crippen molar-refractivity contribution in [2.45, 2.75) is 46.2 Å². The molecular formula is C22H27N5O4S. The summed E-state index contributed by atoms with van der Waals surface area (Å²) in [5.41, 5.74) is 0.0317. The van der Waals surface area contributed by atoms with Gasteiger partial charge in [0.15, 0.2) is 10.8 Å². The van der Waals surface area contributed by atoms with Crippen molar-refractivity contribution in [2.75, 3.05) is 29.9 Å². The maximum atomic E-state index is 13.1. The number of hydrogen-bond donors (Lipinski definition) is 1. The summed E-state index contributed by atoms with van der Waals surface area (Å²) in [6, 6.07) is 7.03. The molecule has 3 aromatic rings. The van der Waals surface area contributed by atoms with Gasteiger partial charge in [0.2, 0.25) is 5.91 Å². The number of ether oxygens (including phenoxy) is 1. The lowest BCUT2D eigenvalue weighted by Crippen LogP contribution is -2.41. The third kappa shape index (κ3) is 4.40. The maximum absolute atomic E-state index is 13.1. The smallest absolute Gasteiger partial charge is 0.333 e. The molecule has 2 aromatic heterocycles. The predicted octanol–water partition coefficient (Wildman–Crippen LogP) is 2.67. The van der Waals surface area contributed by atoms with Gasteiger partial charge in [-0.1, -0.05) is 18.3 Å². The minimum Gasteiger partial charge on any atom is -0.494 e. The summed E-state index contributed by atoms with van der Waals surface area (Å²) in [7, 11) is 0. The Morgan fingerprint density at radius 3 is 2.50 bits per heavy atom. The van der Waals surface area contributed by atoms with Crippen molar-refractivity contribution < 1.29 is 9.53 Å². The highest BCUT2D eigenvalue weighted by Gasteiger charge is 2.23. The number of hydrogen-bond acceptors (Lipinski definition) is 7. The molecule has 1 saturated heterocycles. The van der Waals surface area contributed by atoms with E-state index in [0.29, 0.717) is 35.7 Å². The lowest BCUT2D eigenvalue weighted by molar-refractivity contribution is -0.116. The molecule has 0 saturated carbocycles. The molecule has 9 nitrogen and oxygen atoms in total. The number of carbonyl (C=O) groups excluding carboxylic acids is 1. The van der Waals surface area contributed by atoms with Gasteiger partial charge in [-0.05, 0) is 50.5 Å². The van der Waals surface area contributed by atoms with Crippen molar-refractivity contribution >= 4 is 38.4 Å². The summed E-state index contributed by atoms with van der Waals surface area (Å²) in [6.45, 7) is 6.20. The van der Waals surface area contributed by atoms with Crippen LogP contribution in [0.3, 0.4) is 0 Å². The van der Waals surface area contributed by atoms with Gasteiger partial charge in [0.05, 0.1) is 6.61 Å². The van der Waals surface area contributed by atoms with Crippen LogP contribution in [0.25, 0.3) is 10.3 Å². The summed E-state index contributed by atoms with van der Waals surface area (Å²) in [5.74, 6) is 0.349. The van der Waals surface area contributed by atoms with E-state index >= 15 is 0 Å². The number of carbonyl (C=O) groups is 1. The fraction of sp³-hybridized carbons (Fsp3) is 0.455. The molecule has 1 aliphatic heterocycles. The zero-order valence-corrected chi connectivity index (χ0v) is 19.1. The minimum atomic E-state index is -0.510. The number of aromatic nitrogens is 3. The number of fused-ring (bicyclic) bond motifs is 1. The van der Waals surface area contributed by atoms with E-state index in [4.69, 9.17) is 4.74 Å². The van der Waals surface area contributed by atoms with E-state index < -0.39 is 5.69 Å². The highest BCUT2D eigenvalue weighted by molar-refractivity contribution is 7.22. The lowest BCUT2D eigenvalue weighted by Gasteiger charge is -2.12. The molecule has 0 aliphatic carbocycles. The van der Waals surface area contributed by atoms with Crippen LogP contribution in [0.4, 0.5) is 10.8 Å². The number of thiazole rings is 1. The normalized spacial score (nSPS) is 13.6. The molecule has 3 heterocycles. The van der Waals surface area contributed by atoms with Crippen LogP contribution >= 0.6 is 11.3 Å². The molecule has 4 rings (SSSR count). The van der Waals surface area contributed by atoms with Crippen LogP contribution in [0.15, 0.2) is 33.9 Å². The largest absolute Gasteiger partial charge is 0.494 e. The van der Waals surface area contributed by atoms with E-state index in [-0.39, 0.29) is 23.7 Å². The SMILES string of the molecule is CCCn1c(=O)c2sc(N3CCCC3)nc2n(CC(=O)Nc2ccc(OCC)cc2)c1=O. The molecule has 1 N–H and O–H groups in total. The third-order valence-electron chi connectivity index (χ3n) is 5.33. The molecule has 0 spiro atoms. The van der Waals surface area contributed by atoms with Gasteiger partial charge in [0.25, 0.3) is 5.56 Å². The van der Waals surface area contributed by atoms with Crippen LogP contribution in [0.1, 0.15) is 33.1 Å². The van der Waals surface area contributed by atoms with Crippen molar-refractivity contribution in [1.82, 2.24) is 14.1 Å². The van der Waals surface area contributed by atoms with Crippen molar-refractivity contribution in [3.05, 3.63) is 45.1 Å². The number of amides is 1. The molecule has 0 unspecified atom stereocenters. The average Bonchev–Trinajstić information content (AvgIpc) is 3.46. The maximum Gasteiger partial charge on any atom is 0.333 e. The molecule has 1 amide bonds. The van der Waals surface area contributed by atoms with Crippen molar-refractivity contribution in [2.24, 2.45) is 0 Å². The van der Waals surface area contributed by atoms with Crippen LogP contribution in [0, 0.1) is 0 Å². The summed E-state index contributed by atoms with van der Waals surface area (Å²) < 4.78 is 8.35. The first-order valence-electron chi connectivity index (χ1n) is 10.9. The first-order chi connectivity index (χ1) is 15.5. The van der Waals surface area contributed by atoms with Gasteiger partial charge in [-0.15, -0.1) is 0 Å². The Labute approximate surface area is 189 Å². The van der Waals surface area contributed by atoms with Crippen molar-refractivity contribution in [3.63, 3.8) is 0 Å². The Balaban J connectivity index is 1.67. The molecule has 32 heavy (non-hydrogen) atoms. The van der Waals surface area contributed by atoms with E-state index in [9.17, 15) is 14.4 Å². The number of benzene rings is 1. The topological polar surface area (TPSA) is 98.5 Å². The highest BCUT2D eigenvalue weighted by atomic mass is 32.1. The van der Waals surface area contributed by atoms with Crippen LogP contribution in [-0.2, 0) is 17.9 Å². The first kappa shape index (κ1) is 22.1. The van der Waals surface area contributed by atoms with E-state index in [2.05, 4.69) is 15.2 Å². The van der Waals surface area contributed by atoms with Gasteiger partial charge in [-0.2, -0.15) is 0 Å². The zero-order valence-electron chi connectivity index (χ0n) is 18.3. The van der Waals surface area contributed by atoms with Gasteiger partial charge >= 0.3 is 5.69 Å². The van der Waals surface area contributed by atoms with Crippen molar-refractivity contribution in [3.8, 4) is 5.75 Å². The van der Waals surface area contributed by atoms with Gasteiger partial charge in [0.1, 0.15) is 17.0 Å². The number of nitrogens with zero attached hydrogens (tertiary/aromatic N) is 4. The Bertz CT molecular complexity index is 1220. The second-order valence-electron chi connectivity index (χ2n) is 7.67. The number of anilines is 2. The molecule has 0 atom stereocenters. The monoisotopic (exact) mass is 457 g/mol. The molecule has 1 aliphatic rings. The first-order valence-corrected chi connectivity index (χ1v) is 11.7. The van der Waals surface area contributed by atoms with Gasteiger partial charge in [0, 0.05) is 25.3 Å². The summed E-state index contributed by atoms with van der Waals surface area (Å²) in [5, 5.41) is 3.53. The number of nitrogens with one attached hydrogen (secondary N) is 1. The summed E-state index contributed by atoms with van der Waals surface area (Å²) >= 11 is 1.30. The van der Waals surface area contributed by atoms with Crippen molar-refractivity contribution in [1.29, 1.82) is 0 Å². The standard InChI is InChI=1S/C22H27N5O4S/c1-3-11-26-20(29)18-19(24-21(32-18)25-12-5-6-13-25)27(22(26)30)14-17(28)23-15-7-9-16(10-8-15)31-4-2/h7-10H,3-6,11-14H2,1-2H3,(H,23,28). The van der Waals surface area contributed by atoms with Gasteiger partial charge in [-0.3, -0.25) is 18.7 Å². The minimum absolute atomic E-state index is 0.226. The van der Waals surface area contributed by atoms with Crippen LogP contribution in [0.2, 0.25) is 0 Å². The average molecular weight is 458 g/mol. The van der Waals surface area contributed by atoms with Gasteiger partial charge in [-0.25, -0.2) is 9.78 Å². The second-order valence-corrected chi connectivity index (χ2v) is 8.65. The second kappa shape index (κ2) is 9.56. The Morgan fingerprint density at radius 2 is 1.84 bits per heavy atom. The Kier molecular flexibility index (Phi) is 6.59. The summed E-state index contributed by atoms with van der Waals surface area (Å²) in [4.78, 5) is 45.6. The molecular weight excluding hydrogens is 430 g/mol. The molecule has 0 bridgehead atoms. The van der Waals surface area contributed by atoms with Gasteiger partial charge < -0.3 is 15.0 Å². The Morgan fingerprint density at radius 1 is 1.12 bits per heavy atom. The number of rotatable bonds is 8. The molecule has 0 radical (unpaired) electrons. The molecule has 1 fully saturated rings. The zero-order chi connectivity index (χ0) is 22.7. The fourth-order valence-corrected chi connectivity index (χ4v) is 4.89. The lowest BCUT2D eigenvalue weighted by atomic mass is 10.3. The van der Waals surface area contributed by atoms with Crippen LogP contribution in [0.5, 0.6) is 5.75 Å². The third-order valence-corrected chi connectivity index (χ3v) is 6.42. The van der Waals surface area contributed by atoms with E-state index in [1.54, 1.807) is 24.3 Å². The van der Waals surface area contributed by atoms with E-state index in [1.165, 1.54) is 20.5 Å². The molecule has 10 heteroatoms. The van der Waals surface area contributed by atoms with E-state index in [1.807, 2.05) is 13.8 Å². The fourth-order valence-electron chi connectivity index (χ4n) is 3.82. The molecule has 1 aromatic carbocycles. The molecule has 170 valence electrons. The van der Waals surface area contributed by atoms with E-state index in [0.717, 1.165) is 31.1 Å². The highest BCUT2D eigenvalue weighted by Crippen LogP contribution is 2.28. The van der Waals surface area contributed by atoms with Crippen LogP contribution < -0.4 is 26.2 Å².